The van der Waals surface area contributed by atoms with E-state index in [1.807, 2.05) is 17.9 Å². The van der Waals surface area contributed by atoms with E-state index in [1.165, 1.54) is 0 Å². The Morgan fingerprint density at radius 2 is 2.33 bits per heavy atom. The number of aliphatic hydroxyl groups excluding tert-OH is 1. The summed E-state index contributed by atoms with van der Waals surface area (Å²) in [5, 5.41) is 8.90. The maximum absolute atomic E-state index is 8.90. The average Bonchev–Trinajstić information content (AvgIpc) is 2.70. The first kappa shape index (κ1) is 9.85. The highest BCUT2D eigenvalue weighted by molar-refractivity contribution is 5.79. The summed E-state index contributed by atoms with van der Waals surface area (Å²) in [5.41, 5.74) is 7.15. The summed E-state index contributed by atoms with van der Waals surface area (Å²) < 4.78 is 0. The smallest absolute Gasteiger partial charge is 0.199 e. The van der Waals surface area contributed by atoms with Crippen molar-refractivity contribution in [1.29, 1.82) is 0 Å². The van der Waals surface area contributed by atoms with Crippen LogP contribution in [0.15, 0.2) is 6.07 Å². The molecule has 0 aromatic carbocycles. The number of H-pyrrole nitrogens is 2. The number of nitrogens with zero attached hydrogens (tertiary/aromatic N) is 2. The molecule has 0 unspecified atom stereocenters. The van der Waals surface area contributed by atoms with Crippen LogP contribution in [0, 0.1) is 0 Å². The number of nitrogens with two attached hydrogens (primary N) is 1. The van der Waals surface area contributed by atoms with Crippen molar-refractivity contribution in [2.24, 2.45) is 0 Å². The van der Waals surface area contributed by atoms with Gasteiger partial charge in [0.1, 0.15) is 5.82 Å². The van der Waals surface area contributed by atoms with E-state index in [2.05, 4.69) is 15.0 Å². The first-order chi connectivity index (χ1) is 7.24. The topological polar surface area (TPSA) is 94.0 Å². The van der Waals surface area contributed by atoms with Crippen molar-refractivity contribution in [3.05, 3.63) is 6.07 Å². The van der Waals surface area contributed by atoms with Crippen molar-refractivity contribution in [2.75, 3.05) is 30.3 Å². The number of hydrogen-bond donors (Lipinski definition) is 4. The Morgan fingerprint density at radius 1 is 1.53 bits per heavy atom. The highest BCUT2D eigenvalue weighted by atomic mass is 16.3. The van der Waals surface area contributed by atoms with E-state index in [0.29, 0.717) is 12.5 Å². The number of anilines is 2. The van der Waals surface area contributed by atoms with Gasteiger partial charge in [0, 0.05) is 19.2 Å². The molecule has 2 aromatic rings. The van der Waals surface area contributed by atoms with Crippen LogP contribution >= 0.6 is 0 Å². The van der Waals surface area contributed by atoms with E-state index in [1.54, 1.807) is 0 Å². The van der Waals surface area contributed by atoms with Crippen LogP contribution in [0.4, 0.5) is 11.8 Å². The number of nitrogens with one attached hydrogen (secondary N) is 2. The number of likely N-dealkylation sites (N-methyl/N-ethyl adjacent to an activating group) is 1. The van der Waals surface area contributed by atoms with Gasteiger partial charge in [0.05, 0.1) is 12.1 Å². The van der Waals surface area contributed by atoms with Crippen molar-refractivity contribution >= 4 is 22.9 Å². The normalized spacial score (nSPS) is 11.1. The second kappa shape index (κ2) is 3.82. The predicted molar refractivity (Wildman–Crippen MR) is 59.8 cm³/mol. The van der Waals surface area contributed by atoms with Gasteiger partial charge >= 0.3 is 0 Å². The van der Waals surface area contributed by atoms with Gasteiger partial charge in [0.15, 0.2) is 11.6 Å². The van der Waals surface area contributed by atoms with Crippen LogP contribution in [0.25, 0.3) is 11.2 Å². The standard InChI is InChI=1S/C9H15N5O/c1-2-14(3-4-15)7-5-6-8(12-7)13-9(10)11-6/h5,12,15H,2-4H2,1H3,(H3,10,11,13). The zero-order valence-electron chi connectivity index (χ0n) is 8.62. The number of imidazole rings is 1. The lowest BCUT2D eigenvalue weighted by Crippen LogP contribution is -2.26. The Balaban J connectivity index is 2.30. The molecule has 2 rings (SSSR count). The molecule has 0 atom stereocenters. The van der Waals surface area contributed by atoms with Gasteiger partial charge in [0.2, 0.25) is 0 Å². The number of hydrogen-bond acceptors (Lipinski definition) is 4. The van der Waals surface area contributed by atoms with Crippen LogP contribution in [-0.2, 0) is 0 Å². The summed E-state index contributed by atoms with van der Waals surface area (Å²) >= 11 is 0. The van der Waals surface area contributed by atoms with E-state index in [-0.39, 0.29) is 6.61 Å². The van der Waals surface area contributed by atoms with Gasteiger partial charge in [-0.25, -0.2) is 0 Å². The Labute approximate surface area is 87.1 Å². The number of fused-ring (bicyclic) bond motifs is 1. The second-order valence-electron chi connectivity index (χ2n) is 3.34. The third-order valence-electron chi connectivity index (χ3n) is 2.37. The third-order valence-corrected chi connectivity index (χ3v) is 2.37. The first-order valence-corrected chi connectivity index (χ1v) is 4.94. The molecule has 0 aliphatic rings. The van der Waals surface area contributed by atoms with Gasteiger partial charge in [-0.3, -0.25) is 0 Å². The molecule has 0 fully saturated rings. The van der Waals surface area contributed by atoms with Crippen LogP contribution < -0.4 is 10.6 Å². The number of aromatic amines is 2. The molecule has 0 aliphatic heterocycles. The SMILES string of the molecule is CCN(CCO)c1cc2[nH]c(N)nc2[nH]1. The quantitative estimate of drug-likeness (QED) is 0.582. The maximum atomic E-state index is 8.90. The summed E-state index contributed by atoms with van der Waals surface area (Å²) in [7, 11) is 0. The molecule has 6 heteroatoms. The molecule has 2 aromatic heterocycles. The molecule has 2 heterocycles. The van der Waals surface area contributed by atoms with E-state index in [4.69, 9.17) is 10.8 Å². The molecule has 5 N–H and O–H groups in total. The van der Waals surface area contributed by atoms with E-state index in [9.17, 15) is 0 Å². The molecule has 0 radical (unpaired) electrons. The van der Waals surface area contributed by atoms with Crippen LogP contribution in [0.2, 0.25) is 0 Å². The lowest BCUT2D eigenvalue weighted by Gasteiger charge is -2.19. The average molecular weight is 209 g/mol. The van der Waals surface area contributed by atoms with Crippen molar-refractivity contribution in [1.82, 2.24) is 15.0 Å². The molecule has 0 amide bonds. The van der Waals surface area contributed by atoms with Crippen molar-refractivity contribution in [3.8, 4) is 0 Å². The van der Waals surface area contributed by atoms with Crippen molar-refractivity contribution in [2.45, 2.75) is 6.92 Å². The summed E-state index contributed by atoms with van der Waals surface area (Å²) in [6.45, 7) is 3.61. The van der Waals surface area contributed by atoms with Crippen molar-refractivity contribution in [3.63, 3.8) is 0 Å². The fourth-order valence-corrected chi connectivity index (χ4v) is 1.64. The van der Waals surface area contributed by atoms with Gasteiger partial charge in [-0.1, -0.05) is 0 Å². The molecule has 0 bridgehead atoms. The van der Waals surface area contributed by atoms with Crippen LogP contribution in [0.3, 0.4) is 0 Å². The molecule has 6 nitrogen and oxygen atoms in total. The van der Waals surface area contributed by atoms with Gasteiger partial charge in [0.25, 0.3) is 0 Å². The predicted octanol–water partition coefficient (Wildman–Crippen LogP) is 0.292. The first-order valence-electron chi connectivity index (χ1n) is 4.94. The minimum absolute atomic E-state index is 0.135. The zero-order chi connectivity index (χ0) is 10.8. The molecular formula is C9H15N5O. The highest BCUT2D eigenvalue weighted by Crippen LogP contribution is 2.20. The van der Waals surface area contributed by atoms with Crippen LogP contribution in [0.5, 0.6) is 0 Å². The Bertz CT molecular complexity index is 415. The Kier molecular flexibility index (Phi) is 2.51. The minimum atomic E-state index is 0.135. The van der Waals surface area contributed by atoms with Gasteiger partial charge in [-0.05, 0) is 6.92 Å². The molecule has 0 saturated heterocycles. The van der Waals surface area contributed by atoms with Crippen LogP contribution in [0.1, 0.15) is 6.92 Å². The monoisotopic (exact) mass is 209 g/mol. The number of nitrogen functional groups attached to an aromatic ring is 1. The van der Waals surface area contributed by atoms with Crippen LogP contribution in [-0.4, -0.2) is 39.8 Å². The summed E-state index contributed by atoms with van der Waals surface area (Å²) in [4.78, 5) is 12.2. The van der Waals surface area contributed by atoms with E-state index < -0.39 is 0 Å². The zero-order valence-corrected chi connectivity index (χ0v) is 8.62. The third kappa shape index (κ3) is 1.75. The second-order valence-corrected chi connectivity index (χ2v) is 3.34. The lowest BCUT2D eigenvalue weighted by atomic mass is 10.4. The van der Waals surface area contributed by atoms with E-state index in [0.717, 1.165) is 23.5 Å². The van der Waals surface area contributed by atoms with Gasteiger partial charge in [-0.2, -0.15) is 4.98 Å². The number of aliphatic hydroxyl groups is 1. The maximum Gasteiger partial charge on any atom is 0.199 e. The molecule has 15 heavy (non-hydrogen) atoms. The fourth-order valence-electron chi connectivity index (χ4n) is 1.64. The van der Waals surface area contributed by atoms with Gasteiger partial charge < -0.3 is 25.7 Å². The number of rotatable bonds is 4. The van der Waals surface area contributed by atoms with Crippen molar-refractivity contribution < 1.29 is 5.11 Å². The highest BCUT2D eigenvalue weighted by Gasteiger charge is 2.09. The summed E-state index contributed by atoms with van der Waals surface area (Å²) in [5.74, 6) is 1.35. The summed E-state index contributed by atoms with van der Waals surface area (Å²) in [6.07, 6.45) is 0. The molecule has 0 saturated carbocycles. The Hall–Kier alpha value is -1.69. The van der Waals surface area contributed by atoms with Gasteiger partial charge in [-0.15, -0.1) is 0 Å². The lowest BCUT2D eigenvalue weighted by molar-refractivity contribution is 0.302. The minimum Gasteiger partial charge on any atom is -0.395 e. The molecule has 0 aliphatic carbocycles. The molecule has 0 spiro atoms. The molecule has 82 valence electrons. The Morgan fingerprint density at radius 3 is 2.93 bits per heavy atom. The number of aromatic nitrogens is 3. The van der Waals surface area contributed by atoms with E-state index >= 15 is 0 Å². The largest absolute Gasteiger partial charge is 0.395 e. The summed E-state index contributed by atoms with van der Waals surface area (Å²) in [6, 6.07) is 1.94. The fraction of sp³-hybridized carbons (Fsp3) is 0.444. The molecular weight excluding hydrogens is 194 g/mol.